The normalized spacial score (nSPS) is 13.4. The van der Waals surface area contributed by atoms with Gasteiger partial charge in [0.1, 0.15) is 0 Å². The lowest BCUT2D eigenvalue weighted by Gasteiger charge is -2.07. The number of aromatic amines is 1. The molecule has 0 fully saturated rings. The number of pyridine rings is 1. The van der Waals surface area contributed by atoms with Crippen molar-refractivity contribution in [2.45, 2.75) is 26.2 Å². The fraction of sp³-hybridized carbons (Fsp3) is 0.364. The Morgan fingerprint density at radius 3 is 3.08 bits per heavy atom. The van der Waals surface area contributed by atoms with Crippen LogP contribution in [0.3, 0.4) is 0 Å². The molecule has 2 aromatic heterocycles. The van der Waals surface area contributed by atoms with E-state index in [-0.39, 0.29) is 0 Å². The molecule has 1 N–H and O–H groups in total. The van der Waals surface area contributed by atoms with Crippen LogP contribution in [0.2, 0.25) is 0 Å². The van der Waals surface area contributed by atoms with Crippen molar-refractivity contribution in [1.82, 2.24) is 9.97 Å². The Balaban J connectivity index is 2.48. The Morgan fingerprint density at radius 2 is 2.31 bits per heavy atom. The molecule has 0 spiro atoms. The fourth-order valence-electron chi connectivity index (χ4n) is 1.46. The van der Waals surface area contributed by atoms with Crippen molar-refractivity contribution in [3.63, 3.8) is 0 Å². The van der Waals surface area contributed by atoms with E-state index in [9.17, 15) is 0 Å². The third-order valence-corrected chi connectivity index (χ3v) is 2.61. The van der Waals surface area contributed by atoms with Crippen LogP contribution in [0.5, 0.6) is 0 Å². The molecule has 2 rings (SSSR count). The van der Waals surface area contributed by atoms with Gasteiger partial charge in [0.2, 0.25) is 0 Å². The van der Waals surface area contributed by atoms with Gasteiger partial charge in [0.25, 0.3) is 0 Å². The van der Waals surface area contributed by atoms with E-state index in [4.69, 9.17) is 0 Å². The Labute approximate surface area is 78.0 Å². The smallest absolute Gasteiger partial charge is 0.0876 e. The maximum atomic E-state index is 4.38. The summed E-state index contributed by atoms with van der Waals surface area (Å²) >= 11 is 0. The monoisotopic (exact) mass is 174 g/mol. The van der Waals surface area contributed by atoms with Crippen LogP contribution in [0, 0.1) is 0 Å². The van der Waals surface area contributed by atoms with Gasteiger partial charge in [-0.25, -0.2) is 0 Å². The highest BCUT2D eigenvalue weighted by atomic mass is 14.7. The molecule has 2 heterocycles. The second-order valence-corrected chi connectivity index (χ2v) is 3.51. The fourth-order valence-corrected chi connectivity index (χ4v) is 1.46. The number of nitrogens with zero attached hydrogens (tertiary/aromatic N) is 1. The van der Waals surface area contributed by atoms with Crippen LogP contribution in [0.15, 0.2) is 24.7 Å². The van der Waals surface area contributed by atoms with Gasteiger partial charge < -0.3 is 4.98 Å². The lowest BCUT2D eigenvalue weighted by atomic mass is 10.00. The van der Waals surface area contributed by atoms with Crippen molar-refractivity contribution in [3.05, 3.63) is 30.2 Å². The molecule has 2 nitrogen and oxygen atoms in total. The van der Waals surface area contributed by atoms with Gasteiger partial charge in [0, 0.05) is 24.0 Å². The molecule has 0 bridgehead atoms. The summed E-state index contributed by atoms with van der Waals surface area (Å²) in [5.74, 6) is 0.604. The van der Waals surface area contributed by atoms with Crippen LogP contribution < -0.4 is 0 Å². The molecular formula is C11H14N2. The molecule has 1 unspecified atom stereocenters. The van der Waals surface area contributed by atoms with E-state index in [0.29, 0.717) is 5.92 Å². The maximum Gasteiger partial charge on any atom is 0.0876 e. The van der Waals surface area contributed by atoms with Crippen LogP contribution in [0.25, 0.3) is 10.9 Å². The van der Waals surface area contributed by atoms with Gasteiger partial charge >= 0.3 is 0 Å². The van der Waals surface area contributed by atoms with Crippen LogP contribution in [-0.2, 0) is 0 Å². The summed E-state index contributed by atoms with van der Waals surface area (Å²) in [6, 6.07) is 2.22. The van der Waals surface area contributed by atoms with Gasteiger partial charge in [-0.2, -0.15) is 0 Å². The predicted molar refractivity (Wildman–Crippen MR) is 54.8 cm³/mol. The third-order valence-electron chi connectivity index (χ3n) is 2.61. The predicted octanol–water partition coefficient (Wildman–Crippen LogP) is 3.08. The summed E-state index contributed by atoms with van der Waals surface area (Å²) in [6.45, 7) is 4.43. The number of fused-ring (bicyclic) bond motifs is 1. The van der Waals surface area contributed by atoms with Crippen LogP contribution in [0.4, 0.5) is 0 Å². The number of aromatic nitrogens is 2. The molecule has 2 heteroatoms. The molecule has 13 heavy (non-hydrogen) atoms. The minimum absolute atomic E-state index is 0.604. The minimum Gasteiger partial charge on any atom is -0.365 e. The Bertz CT molecular complexity index is 403. The topological polar surface area (TPSA) is 28.7 Å². The largest absolute Gasteiger partial charge is 0.365 e. The standard InChI is InChI=1S/C11H14N2/c1-3-8(2)9-4-10-5-12-7-11(10)13-6-9/h4-8,12H,3H2,1-2H3. The van der Waals surface area contributed by atoms with Crippen molar-refractivity contribution in [2.24, 2.45) is 0 Å². The SMILES string of the molecule is CCC(C)c1cnc2c[nH]cc2c1. The molecule has 0 saturated carbocycles. The van der Waals surface area contributed by atoms with Crippen molar-refractivity contribution < 1.29 is 0 Å². The van der Waals surface area contributed by atoms with E-state index >= 15 is 0 Å². The van der Waals surface area contributed by atoms with E-state index in [0.717, 1.165) is 11.9 Å². The molecule has 0 aliphatic heterocycles. The molecule has 0 amide bonds. The number of H-pyrrole nitrogens is 1. The lowest BCUT2D eigenvalue weighted by molar-refractivity contribution is 0.731. The molecule has 0 aromatic carbocycles. The molecule has 1 atom stereocenters. The Hall–Kier alpha value is -1.31. The van der Waals surface area contributed by atoms with E-state index in [1.165, 1.54) is 10.9 Å². The van der Waals surface area contributed by atoms with E-state index in [2.05, 4.69) is 29.9 Å². The number of hydrogen-bond donors (Lipinski definition) is 1. The Kier molecular flexibility index (Phi) is 2.05. The molecule has 68 valence electrons. The lowest BCUT2D eigenvalue weighted by Crippen LogP contribution is -1.91. The van der Waals surface area contributed by atoms with E-state index in [1.54, 1.807) is 0 Å². The van der Waals surface area contributed by atoms with Crippen LogP contribution in [-0.4, -0.2) is 9.97 Å². The first-order valence-electron chi connectivity index (χ1n) is 4.73. The molecule has 0 aliphatic carbocycles. The summed E-state index contributed by atoms with van der Waals surface area (Å²) in [5.41, 5.74) is 2.38. The summed E-state index contributed by atoms with van der Waals surface area (Å²) in [7, 11) is 0. The second-order valence-electron chi connectivity index (χ2n) is 3.51. The Morgan fingerprint density at radius 1 is 1.46 bits per heavy atom. The quantitative estimate of drug-likeness (QED) is 0.744. The zero-order valence-corrected chi connectivity index (χ0v) is 8.04. The average Bonchev–Trinajstić information content (AvgIpc) is 2.63. The first kappa shape index (κ1) is 8.30. The zero-order chi connectivity index (χ0) is 9.26. The molecule has 0 saturated heterocycles. The minimum atomic E-state index is 0.604. The first-order chi connectivity index (χ1) is 6.31. The van der Waals surface area contributed by atoms with Crippen LogP contribution in [0.1, 0.15) is 31.7 Å². The van der Waals surface area contributed by atoms with Gasteiger partial charge in [-0.3, -0.25) is 4.98 Å². The highest BCUT2D eigenvalue weighted by Gasteiger charge is 2.04. The summed E-state index contributed by atoms with van der Waals surface area (Å²) in [6.07, 6.45) is 7.06. The van der Waals surface area contributed by atoms with Gasteiger partial charge in [0.15, 0.2) is 0 Å². The highest BCUT2D eigenvalue weighted by Crippen LogP contribution is 2.21. The number of rotatable bonds is 2. The first-order valence-corrected chi connectivity index (χ1v) is 4.73. The van der Waals surface area contributed by atoms with Gasteiger partial charge in [0.05, 0.1) is 5.52 Å². The number of hydrogen-bond acceptors (Lipinski definition) is 1. The van der Waals surface area contributed by atoms with Gasteiger partial charge in [-0.15, -0.1) is 0 Å². The van der Waals surface area contributed by atoms with Crippen molar-refractivity contribution in [3.8, 4) is 0 Å². The maximum absolute atomic E-state index is 4.38. The second kappa shape index (κ2) is 3.21. The third kappa shape index (κ3) is 1.44. The van der Waals surface area contributed by atoms with Crippen molar-refractivity contribution in [2.75, 3.05) is 0 Å². The molecule has 2 aromatic rings. The zero-order valence-electron chi connectivity index (χ0n) is 8.04. The molecular weight excluding hydrogens is 160 g/mol. The average molecular weight is 174 g/mol. The van der Waals surface area contributed by atoms with Crippen molar-refractivity contribution >= 4 is 10.9 Å². The highest BCUT2D eigenvalue weighted by molar-refractivity contribution is 5.78. The van der Waals surface area contributed by atoms with Gasteiger partial charge in [-0.1, -0.05) is 13.8 Å². The van der Waals surface area contributed by atoms with Gasteiger partial charge in [-0.05, 0) is 24.0 Å². The van der Waals surface area contributed by atoms with E-state index in [1.807, 2.05) is 18.6 Å². The summed E-state index contributed by atoms with van der Waals surface area (Å²) < 4.78 is 0. The number of nitrogens with one attached hydrogen (secondary N) is 1. The molecule has 0 aliphatic rings. The summed E-state index contributed by atoms with van der Waals surface area (Å²) in [5, 5.41) is 1.21. The van der Waals surface area contributed by atoms with E-state index < -0.39 is 0 Å². The molecule has 0 radical (unpaired) electrons. The van der Waals surface area contributed by atoms with Crippen molar-refractivity contribution in [1.29, 1.82) is 0 Å². The summed E-state index contributed by atoms with van der Waals surface area (Å²) in [4.78, 5) is 7.44. The van der Waals surface area contributed by atoms with Crippen LogP contribution >= 0.6 is 0 Å².